The van der Waals surface area contributed by atoms with Gasteiger partial charge in [-0.3, -0.25) is 9.69 Å². The molecule has 0 fully saturated rings. The van der Waals surface area contributed by atoms with Crippen LogP contribution in [0.2, 0.25) is 0 Å². The third-order valence-electron chi connectivity index (χ3n) is 4.88. The maximum absolute atomic E-state index is 13.5. The first kappa shape index (κ1) is 26.1. The van der Waals surface area contributed by atoms with Gasteiger partial charge in [-0.2, -0.15) is 0 Å². The lowest BCUT2D eigenvalue weighted by molar-refractivity contribution is 0.0986. The normalized spacial score (nSPS) is 11.4. The van der Waals surface area contributed by atoms with Crippen LogP contribution in [0, 0.1) is 6.92 Å². The van der Waals surface area contributed by atoms with E-state index in [2.05, 4.69) is 4.90 Å². The molecule has 3 rings (SSSR count). The molecule has 0 aliphatic heterocycles. The van der Waals surface area contributed by atoms with Crippen molar-refractivity contribution >= 4 is 54.8 Å². The average molecular weight is 498 g/mol. The second-order valence-electron chi connectivity index (χ2n) is 7.67. The van der Waals surface area contributed by atoms with Gasteiger partial charge in [-0.25, -0.2) is 13.4 Å². The number of ether oxygens (including phenoxy) is 1. The largest absolute Gasteiger partial charge is 0.494 e. The number of methoxy groups -OCH3 is 1. The van der Waals surface area contributed by atoms with Crippen LogP contribution in [-0.4, -0.2) is 64.8 Å². The number of sulfone groups is 1. The molecule has 2 aromatic carbocycles. The van der Waals surface area contributed by atoms with Crippen molar-refractivity contribution in [1.82, 2.24) is 9.88 Å². The molecule has 0 bridgehead atoms. The van der Waals surface area contributed by atoms with E-state index in [1.165, 1.54) is 23.5 Å². The number of halogens is 1. The van der Waals surface area contributed by atoms with Crippen LogP contribution in [0.25, 0.3) is 10.2 Å². The minimum Gasteiger partial charge on any atom is -0.494 e. The lowest BCUT2D eigenvalue weighted by Crippen LogP contribution is -2.33. The summed E-state index contributed by atoms with van der Waals surface area (Å²) < 4.78 is 30.3. The predicted molar refractivity (Wildman–Crippen MR) is 133 cm³/mol. The van der Waals surface area contributed by atoms with Crippen LogP contribution in [0.15, 0.2) is 41.3 Å². The summed E-state index contributed by atoms with van der Waals surface area (Å²) in [5, 5.41) is 0.566. The Hall–Kier alpha value is -2.20. The van der Waals surface area contributed by atoms with Crippen molar-refractivity contribution in [2.24, 2.45) is 0 Å². The Balaban J connectivity index is 0.00000363. The number of hydrogen-bond donors (Lipinski definition) is 0. The molecule has 1 amide bonds. The molecular formula is C22H28ClN3O4S2. The molecule has 0 N–H and O–H groups in total. The van der Waals surface area contributed by atoms with Gasteiger partial charge in [-0.05, 0) is 63.8 Å². The number of carbonyl (C=O) groups is 1. The molecule has 0 unspecified atom stereocenters. The molecule has 1 aromatic heterocycles. The Morgan fingerprint density at radius 1 is 1.16 bits per heavy atom. The highest BCUT2D eigenvalue weighted by Crippen LogP contribution is 2.37. The van der Waals surface area contributed by atoms with Crippen LogP contribution in [0.1, 0.15) is 22.3 Å². The summed E-state index contributed by atoms with van der Waals surface area (Å²) in [5.74, 6) is 0.378. The van der Waals surface area contributed by atoms with Crippen molar-refractivity contribution in [1.29, 1.82) is 0 Å². The summed E-state index contributed by atoms with van der Waals surface area (Å²) in [5.41, 5.74) is 2.09. The minimum absolute atomic E-state index is 0. The van der Waals surface area contributed by atoms with Gasteiger partial charge in [-0.1, -0.05) is 23.5 Å². The zero-order chi connectivity index (χ0) is 22.8. The molecule has 0 atom stereocenters. The molecule has 1 heterocycles. The van der Waals surface area contributed by atoms with Crippen LogP contribution in [0.4, 0.5) is 5.13 Å². The number of hydrogen-bond acceptors (Lipinski definition) is 7. The predicted octanol–water partition coefficient (Wildman–Crippen LogP) is 4.04. The quantitative estimate of drug-likeness (QED) is 0.467. The second-order valence-corrected chi connectivity index (χ2v) is 10.7. The Morgan fingerprint density at radius 3 is 2.50 bits per heavy atom. The summed E-state index contributed by atoms with van der Waals surface area (Å²) in [6.45, 7) is 3.26. The fourth-order valence-electron chi connectivity index (χ4n) is 3.22. The van der Waals surface area contributed by atoms with Crippen molar-refractivity contribution in [2.45, 2.75) is 18.2 Å². The summed E-state index contributed by atoms with van der Waals surface area (Å²) in [6.07, 6.45) is 1.88. The summed E-state index contributed by atoms with van der Waals surface area (Å²) in [6, 6.07) is 9.98. The third-order valence-corrected chi connectivity index (χ3v) is 7.21. The Labute approximate surface area is 199 Å². The monoisotopic (exact) mass is 497 g/mol. The summed E-state index contributed by atoms with van der Waals surface area (Å²) in [4.78, 5) is 22.0. The maximum Gasteiger partial charge on any atom is 0.260 e. The van der Waals surface area contributed by atoms with Crippen LogP contribution in [0.5, 0.6) is 5.75 Å². The topological polar surface area (TPSA) is 79.8 Å². The number of aromatic nitrogens is 1. The van der Waals surface area contributed by atoms with Crippen LogP contribution >= 0.6 is 23.7 Å². The van der Waals surface area contributed by atoms with E-state index in [-0.39, 0.29) is 23.2 Å². The SMILES string of the molecule is COc1ccc(C)c2sc(N(CCCN(C)C)C(=O)c3cccc(S(C)(=O)=O)c3)nc12.Cl. The first-order valence-electron chi connectivity index (χ1n) is 9.82. The number of aryl methyl sites for hydroxylation is 1. The van der Waals surface area contributed by atoms with Gasteiger partial charge >= 0.3 is 0 Å². The van der Waals surface area contributed by atoms with Gasteiger partial charge in [0.25, 0.3) is 5.91 Å². The van der Waals surface area contributed by atoms with Gasteiger partial charge in [0.1, 0.15) is 11.3 Å². The first-order chi connectivity index (χ1) is 14.6. The van der Waals surface area contributed by atoms with Gasteiger partial charge in [0.2, 0.25) is 0 Å². The zero-order valence-electron chi connectivity index (χ0n) is 18.8. The molecule has 32 heavy (non-hydrogen) atoms. The fourth-order valence-corrected chi connectivity index (χ4v) is 4.97. The number of fused-ring (bicyclic) bond motifs is 1. The molecule has 0 saturated carbocycles. The molecule has 0 aliphatic carbocycles. The molecule has 0 radical (unpaired) electrons. The van der Waals surface area contributed by atoms with Gasteiger partial charge in [0, 0.05) is 18.4 Å². The molecule has 7 nitrogen and oxygen atoms in total. The highest BCUT2D eigenvalue weighted by Gasteiger charge is 2.23. The lowest BCUT2D eigenvalue weighted by Gasteiger charge is -2.21. The first-order valence-corrected chi connectivity index (χ1v) is 12.5. The molecule has 3 aromatic rings. The molecule has 0 saturated heterocycles. The highest BCUT2D eigenvalue weighted by molar-refractivity contribution is 7.90. The standard InChI is InChI=1S/C22H27N3O4S2.ClH/c1-15-10-11-18(29-4)19-20(15)30-22(23-19)25(13-7-12-24(2)3)21(26)16-8-6-9-17(14-16)31(5,27)28;/h6,8-11,14H,7,12-13H2,1-5H3;1H. The maximum atomic E-state index is 13.5. The van der Waals surface area contributed by atoms with Crippen LogP contribution < -0.4 is 9.64 Å². The number of amides is 1. The molecule has 0 spiro atoms. The van der Waals surface area contributed by atoms with Crippen molar-refractivity contribution in [3.8, 4) is 5.75 Å². The Kier molecular flexibility index (Phi) is 8.64. The number of benzene rings is 2. The van der Waals surface area contributed by atoms with Gasteiger partial charge in [0.05, 0.1) is 16.7 Å². The Morgan fingerprint density at radius 2 is 1.88 bits per heavy atom. The zero-order valence-corrected chi connectivity index (χ0v) is 21.2. The summed E-state index contributed by atoms with van der Waals surface area (Å²) in [7, 11) is 2.14. The lowest BCUT2D eigenvalue weighted by atomic mass is 10.2. The second kappa shape index (κ2) is 10.6. The fraction of sp³-hybridized carbons (Fsp3) is 0.364. The van der Waals surface area contributed by atoms with E-state index in [9.17, 15) is 13.2 Å². The minimum atomic E-state index is -3.42. The molecule has 174 valence electrons. The van der Waals surface area contributed by atoms with E-state index in [0.29, 0.717) is 23.0 Å². The Bertz CT molecular complexity index is 1210. The molecule has 10 heteroatoms. The van der Waals surface area contributed by atoms with Gasteiger partial charge < -0.3 is 9.64 Å². The van der Waals surface area contributed by atoms with E-state index in [4.69, 9.17) is 9.72 Å². The van der Waals surface area contributed by atoms with Crippen molar-refractivity contribution in [2.75, 3.05) is 45.5 Å². The van der Waals surface area contributed by atoms with Gasteiger partial charge in [-0.15, -0.1) is 12.4 Å². The van der Waals surface area contributed by atoms with Crippen LogP contribution in [-0.2, 0) is 9.84 Å². The van der Waals surface area contributed by atoms with Crippen molar-refractivity contribution in [3.63, 3.8) is 0 Å². The third kappa shape index (κ3) is 5.78. The van der Waals surface area contributed by atoms with E-state index < -0.39 is 9.84 Å². The average Bonchev–Trinajstić information content (AvgIpc) is 3.16. The van der Waals surface area contributed by atoms with E-state index >= 15 is 0 Å². The number of nitrogens with zero attached hydrogens (tertiary/aromatic N) is 3. The van der Waals surface area contributed by atoms with E-state index in [1.807, 2.05) is 33.2 Å². The van der Waals surface area contributed by atoms with E-state index in [0.717, 1.165) is 35.0 Å². The number of thiazole rings is 1. The van der Waals surface area contributed by atoms with E-state index in [1.54, 1.807) is 24.1 Å². The molecular weight excluding hydrogens is 470 g/mol. The summed E-state index contributed by atoms with van der Waals surface area (Å²) >= 11 is 1.44. The number of anilines is 1. The smallest absolute Gasteiger partial charge is 0.260 e. The van der Waals surface area contributed by atoms with Crippen molar-refractivity contribution in [3.05, 3.63) is 47.5 Å². The van der Waals surface area contributed by atoms with Crippen molar-refractivity contribution < 1.29 is 17.9 Å². The number of carbonyl (C=O) groups excluding carboxylic acids is 1. The van der Waals surface area contributed by atoms with Gasteiger partial charge in [0.15, 0.2) is 15.0 Å². The highest BCUT2D eigenvalue weighted by atomic mass is 35.5. The number of rotatable bonds is 8. The molecule has 0 aliphatic rings. The van der Waals surface area contributed by atoms with Crippen LogP contribution in [0.3, 0.4) is 0 Å².